The lowest BCUT2D eigenvalue weighted by Gasteiger charge is -2.09. The van der Waals surface area contributed by atoms with Gasteiger partial charge in [0.05, 0.1) is 5.52 Å². The predicted molar refractivity (Wildman–Crippen MR) is 113 cm³/mol. The molecule has 0 aliphatic heterocycles. The van der Waals surface area contributed by atoms with Gasteiger partial charge in [-0.1, -0.05) is 18.2 Å². The van der Waals surface area contributed by atoms with Crippen LogP contribution in [0.3, 0.4) is 0 Å². The molecule has 0 saturated heterocycles. The molecule has 0 unspecified atom stereocenters. The van der Waals surface area contributed by atoms with Crippen molar-refractivity contribution in [1.29, 1.82) is 0 Å². The topological polar surface area (TPSA) is 39.1 Å². The zero-order valence-electron chi connectivity index (χ0n) is 15.4. The van der Waals surface area contributed by atoms with Gasteiger partial charge in [0.1, 0.15) is 11.6 Å². The molecule has 4 rings (SSSR count). The Balaban J connectivity index is 0.00000225. The Hall–Kier alpha value is -3.05. The first-order chi connectivity index (χ1) is 13.2. The lowest BCUT2D eigenvalue weighted by atomic mass is 10.1. The number of fused-ring (bicyclic) bond motifs is 1. The molecule has 0 fully saturated rings. The van der Waals surface area contributed by atoms with Crippen molar-refractivity contribution in [2.24, 2.45) is 0 Å². The third-order valence-electron chi connectivity index (χ3n) is 4.57. The number of aromatic nitrogens is 2. The molecule has 4 nitrogen and oxygen atoms in total. The molecular formula is C22H21ClFN3O. The van der Waals surface area contributed by atoms with Crippen LogP contribution in [0.1, 0.15) is 5.56 Å². The van der Waals surface area contributed by atoms with Crippen molar-refractivity contribution in [3.05, 3.63) is 84.4 Å². The average Bonchev–Trinajstić information content (AvgIpc) is 3.12. The number of aryl methyl sites for hydroxylation is 2. The maximum Gasteiger partial charge on any atom is 0.221 e. The number of hydrogen-bond donors (Lipinski definition) is 1. The van der Waals surface area contributed by atoms with E-state index in [1.165, 1.54) is 12.1 Å². The third-order valence-corrected chi connectivity index (χ3v) is 4.57. The molecular weight excluding hydrogens is 377 g/mol. The van der Waals surface area contributed by atoms with Crippen LogP contribution in [0.15, 0.2) is 73.1 Å². The number of ether oxygens (including phenoxy) is 1. The van der Waals surface area contributed by atoms with Gasteiger partial charge in [0.15, 0.2) is 0 Å². The van der Waals surface area contributed by atoms with Crippen LogP contribution in [-0.4, -0.2) is 16.6 Å². The largest absolute Gasteiger partial charge is 0.438 e. The summed E-state index contributed by atoms with van der Waals surface area (Å²) in [6, 6.07) is 18.5. The normalized spacial score (nSPS) is 10.5. The first-order valence-electron chi connectivity index (χ1n) is 8.87. The Bertz CT molecular complexity index is 1060. The van der Waals surface area contributed by atoms with E-state index in [0.29, 0.717) is 5.88 Å². The fourth-order valence-electron chi connectivity index (χ4n) is 3.11. The fraction of sp³-hybridized carbons (Fsp3) is 0.136. The lowest BCUT2D eigenvalue weighted by molar-refractivity contribution is 0.468. The first-order valence-corrected chi connectivity index (χ1v) is 8.87. The van der Waals surface area contributed by atoms with E-state index in [9.17, 15) is 4.39 Å². The number of halogens is 2. The second-order valence-corrected chi connectivity index (χ2v) is 6.31. The van der Waals surface area contributed by atoms with Gasteiger partial charge in [-0.2, -0.15) is 0 Å². The van der Waals surface area contributed by atoms with Crippen LogP contribution in [0.2, 0.25) is 0 Å². The van der Waals surface area contributed by atoms with Crippen LogP contribution in [0, 0.1) is 5.82 Å². The van der Waals surface area contributed by atoms with Crippen molar-refractivity contribution in [3.8, 4) is 11.6 Å². The number of pyridine rings is 1. The molecule has 2 aromatic heterocycles. The van der Waals surface area contributed by atoms with Crippen LogP contribution in [-0.2, 0) is 13.0 Å². The van der Waals surface area contributed by atoms with Gasteiger partial charge in [-0.15, -0.1) is 12.4 Å². The molecule has 0 bridgehead atoms. The van der Waals surface area contributed by atoms with Crippen LogP contribution in [0.25, 0.3) is 10.9 Å². The molecule has 2 heterocycles. The zero-order valence-corrected chi connectivity index (χ0v) is 16.2. The fourth-order valence-corrected chi connectivity index (χ4v) is 3.11. The minimum absolute atomic E-state index is 0. The van der Waals surface area contributed by atoms with Gasteiger partial charge in [-0.3, -0.25) is 0 Å². The average molecular weight is 398 g/mol. The number of nitrogens with one attached hydrogen (secondary N) is 1. The van der Waals surface area contributed by atoms with Crippen molar-refractivity contribution in [3.63, 3.8) is 0 Å². The minimum atomic E-state index is -0.206. The van der Waals surface area contributed by atoms with Crippen molar-refractivity contribution in [2.45, 2.75) is 13.0 Å². The van der Waals surface area contributed by atoms with E-state index < -0.39 is 0 Å². The van der Waals surface area contributed by atoms with Gasteiger partial charge < -0.3 is 14.6 Å². The first kappa shape index (κ1) is 19.7. The molecule has 0 spiro atoms. The number of anilines is 1. The van der Waals surface area contributed by atoms with E-state index in [0.717, 1.165) is 40.9 Å². The highest BCUT2D eigenvalue weighted by Gasteiger charge is 2.09. The molecule has 0 aliphatic rings. The summed E-state index contributed by atoms with van der Waals surface area (Å²) in [5.41, 5.74) is 3.15. The minimum Gasteiger partial charge on any atom is -0.438 e. The van der Waals surface area contributed by atoms with E-state index in [2.05, 4.69) is 33.2 Å². The van der Waals surface area contributed by atoms with Crippen molar-refractivity contribution < 1.29 is 9.13 Å². The van der Waals surface area contributed by atoms with Crippen molar-refractivity contribution >= 4 is 29.0 Å². The van der Waals surface area contributed by atoms with Gasteiger partial charge in [0.25, 0.3) is 0 Å². The Kier molecular flexibility index (Phi) is 6.16. The molecule has 0 amide bonds. The highest BCUT2D eigenvalue weighted by molar-refractivity contribution is 5.86. The second-order valence-electron chi connectivity index (χ2n) is 6.31. The number of nitrogens with zero attached hydrogens (tertiary/aromatic N) is 2. The number of benzene rings is 2. The molecule has 2 aromatic carbocycles. The Morgan fingerprint density at radius 3 is 2.68 bits per heavy atom. The van der Waals surface area contributed by atoms with Crippen LogP contribution < -0.4 is 10.1 Å². The van der Waals surface area contributed by atoms with Crippen LogP contribution in [0.5, 0.6) is 11.6 Å². The zero-order chi connectivity index (χ0) is 18.6. The van der Waals surface area contributed by atoms with Gasteiger partial charge in [0, 0.05) is 43.1 Å². The predicted octanol–water partition coefficient (Wildman–Crippen LogP) is 5.67. The molecule has 4 aromatic rings. The van der Waals surface area contributed by atoms with Crippen LogP contribution >= 0.6 is 12.4 Å². The van der Waals surface area contributed by atoms with Gasteiger partial charge in [-0.25, -0.2) is 9.37 Å². The quantitative estimate of drug-likeness (QED) is 0.455. The molecule has 28 heavy (non-hydrogen) atoms. The molecule has 0 atom stereocenters. The van der Waals surface area contributed by atoms with Gasteiger partial charge >= 0.3 is 0 Å². The summed E-state index contributed by atoms with van der Waals surface area (Å²) in [6.45, 7) is 0.812. The van der Waals surface area contributed by atoms with E-state index in [4.69, 9.17) is 4.74 Å². The number of hydrogen-bond acceptors (Lipinski definition) is 3. The van der Waals surface area contributed by atoms with Crippen molar-refractivity contribution in [2.75, 3.05) is 12.4 Å². The lowest BCUT2D eigenvalue weighted by Crippen LogP contribution is -2.00. The summed E-state index contributed by atoms with van der Waals surface area (Å²) in [5.74, 6) is 1.12. The standard InChI is InChI=1S/C22H20FN3O.ClH/c1-24-18-9-12-25-22(15-18)27-21-4-2-3-20-19(21)11-14-26(20)13-10-16-5-7-17(23)8-6-16;/h2-9,11-12,14-15H,10,13H2,1H3,(H,24,25);1H. The Morgan fingerprint density at radius 2 is 1.89 bits per heavy atom. The van der Waals surface area contributed by atoms with E-state index >= 15 is 0 Å². The molecule has 0 aliphatic carbocycles. The molecule has 144 valence electrons. The summed E-state index contributed by atoms with van der Waals surface area (Å²) in [5, 5.41) is 4.12. The highest BCUT2D eigenvalue weighted by Crippen LogP contribution is 2.30. The molecule has 6 heteroatoms. The van der Waals surface area contributed by atoms with Crippen molar-refractivity contribution in [1.82, 2.24) is 9.55 Å². The van der Waals surface area contributed by atoms with Crippen LogP contribution in [0.4, 0.5) is 10.1 Å². The maximum atomic E-state index is 13.1. The van der Waals surface area contributed by atoms with E-state index in [1.807, 2.05) is 43.4 Å². The Morgan fingerprint density at radius 1 is 1.07 bits per heavy atom. The van der Waals surface area contributed by atoms with E-state index in [-0.39, 0.29) is 18.2 Å². The smallest absolute Gasteiger partial charge is 0.221 e. The monoisotopic (exact) mass is 397 g/mol. The second kappa shape index (κ2) is 8.76. The maximum absolute atomic E-state index is 13.1. The number of rotatable bonds is 6. The summed E-state index contributed by atoms with van der Waals surface area (Å²) in [7, 11) is 1.86. The summed E-state index contributed by atoms with van der Waals surface area (Å²) < 4.78 is 21.3. The summed E-state index contributed by atoms with van der Waals surface area (Å²) in [4.78, 5) is 4.28. The van der Waals surface area contributed by atoms with Gasteiger partial charge in [-0.05, 0) is 48.4 Å². The molecule has 0 saturated carbocycles. The van der Waals surface area contributed by atoms with E-state index in [1.54, 1.807) is 6.20 Å². The third kappa shape index (κ3) is 4.26. The SMILES string of the molecule is CNc1ccnc(Oc2cccc3c2ccn3CCc2ccc(F)cc2)c1.Cl. The summed E-state index contributed by atoms with van der Waals surface area (Å²) in [6.07, 6.45) is 4.61. The molecule has 1 N–H and O–H groups in total. The summed E-state index contributed by atoms with van der Waals surface area (Å²) >= 11 is 0. The Labute approximate surface area is 169 Å². The highest BCUT2D eigenvalue weighted by atomic mass is 35.5. The molecule has 0 radical (unpaired) electrons. The van der Waals surface area contributed by atoms with Gasteiger partial charge in [0.2, 0.25) is 5.88 Å².